The summed E-state index contributed by atoms with van der Waals surface area (Å²) in [7, 11) is 0. The highest BCUT2D eigenvalue weighted by Gasteiger charge is 2.15. The van der Waals surface area contributed by atoms with Crippen LogP contribution in [0.5, 0.6) is 0 Å². The molecule has 0 saturated heterocycles. The summed E-state index contributed by atoms with van der Waals surface area (Å²) in [5.41, 5.74) is 6.26. The van der Waals surface area contributed by atoms with E-state index in [1.54, 1.807) is 0 Å². The van der Waals surface area contributed by atoms with Crippen LogP contribution in [0.3, 0.4) is 0 Å². The molecule has 0 fully saturated rings. The molecule has 0 nitrogen and oxygen atoms in total. The van der Waals surface area contributed by atoms with Gasteiger partial charge in [-0.25, -0.2) is 0 Å². The minimum absolute atomic E-state index is 0.433. The molecule has 0 amide bonds. The highest BCUT2D eigenvalue weighted by Crippen LogP contribution is 2.32. The van der Waals surface area contributed by atoms with Crippen LogP contribution in [-0.2, 0) is 0 Å². The first-order valence-electron chi connectivity index (χ1n) is 9.54. The van der Waals surface area contributed by atoms with Crippen molar-refractivity contribution in [3.8, 4) is 0 Å². The van der Waals surface area contributed by atoms with E-state index in [9.17, 15) is 0 Å². The van der Waals surface area contributed by atoms with Crippen molar-refractivity contribution in [1.82, 2.24) is 0 Å². The van der Waals surface area contributed by atoms with Crippen molar-refractivity contribution in [2.24, 2.45) is 5.92 Å². The summed E-state index contributed by atoms with van der Waals surface area (Å²) in [6, 6.07) is 30.3. The maximum atomic E-state index is 4.34. The van der Waals surface area contributed by atoms with Crippen LogP contribution in [0.1, 0.15) is 54.9 Å². The molecule has 0 aliphatic rings. The number of hydrogen-bond acceptors (Lipinski definition) is 0. The molecule has 3 aromatic carbocycles. The lowest BCUT2D eigenvalue weighted by atomic mass is 9.84. The molecule has 1 atom stereocenters. The third-order valence-electron chi connectivity index (χ3n) is 4.99. The molecule has 0 aliphatic carbocycles. The molecule has 0 saturated carbocycles. The summed E-state index contributed by atoms with van der Waals surface area (Å²) in [6.45, 7) is 8.95. The van der Waals surface area contributed by atoms with Gasteiger partial charge >= 0.3 is 0 Å². The Morgan fingerprint density at radius 2 is 1.27 bits per heavy atom. The largest absolute Gasteiger partial charge is 0.0906 e. The highest BCUT2D eigenvalue weighted by molar-refractivity contribution is 5.78. The molecule has 26 heavy (non-hydrogen) atoms. The van der Waals surface area contributed by atoms with Gasteiger partial charge in [0.05, 0.1) is 0 Å². The van der Waals surface area contributed by atoms with E-state index >= 15 is 0 Å². The number of hydrogen-bond donors (Lipinski definition) is 0. The zero-order valence-corrected chi connectivity index (χ0v) is 15.9. The molecule has 0 heteroatoms. The van der Waals surface area contributed by atoms with Crippen LogP contribution >= 0.6 is 0 Å². The average molecular weight is 341 g/mol. The summed E-state index contributed by atoms with van der Waals surface area (Å²) in [5.74, 6) is 1.14. The Balaban J connectivity index is 1.93. The number of benzene rings is 3. The van der Waals surface area contributed by atoms with Crippen LogP contribution in [0, 0.1) is 5.92 Å². The van der Waals surface area contributed by atoms with Crippen LogP contribution in [-0.4, -0.2) is 0 Å². The van der Waals surface area contributed by atoms with E-state index < -0.39 is 0 Å². The van der Waals surface area contributed by atoms with Gasteiger partial charge in [-0.2, -0.15) is 0 Å². The fourth-order valence-corrected chi connectivity index (χ4v) is 3.46. The zero-order chi connectivity index (χ0) is 18.4. The molecule has 0 aliphatic heterocycles. The van der Waals surface area contributed by atoms with E-state index in [1.165, 1.54) is 35.1 Å². The summed E-state index contributed by atoms with van der Waals surface area (Å²) in [4.78, 5) is 0. The van der Waals surface area contributed by atoms with Crippen molar-refractivity contribution >= 4 is 5.57 Å². The minimum Gasteiger partial charge on any atom is -0.0906 e. The summed E-state index contributed by atoms with van der Waals surface area (Å²) in [6.07, 6.45) is 2.40. The van der Waals surface area contributed by atoms with E-state index in [4.69, 9.17) is 0 Å². The molecule has 3 aromatic rings. The molecule has 0 radical (unpaired) electrons. The lowest BCUT2D eigenvalue weighted by molar-refractivity contribution is 0.529. The second-order valence-electron chi connectivity index (χ2n) is 7.40. The normalized spacial score (nSPS) is 12.1. The third-order valence-corrected chi connectivity index (χ3v) is 4.99. The Labute approximate surface area is 158 Å². The summed E-state index contributed by atoms with van der Waals surface area (Å²) >= 11 is 0. The van der Waals surface area contributed by atoms with Gasteiger partial charge in [0.25, 0.3) is 0 Å². The molecule has 132 valence electrons. The van der Waals surface area contributed by atoms with Gasteiger partial charge in [0.1, 0.15) is 0 Å². The van der Waals surface area contributed by atoms with Crippen molar-refractivity contribution in [3.63, 3.8) is 0 Å². The Hall–Kier alpha value is -2.60. The Morgan fingerprint density at radius 1 is 0.692 bits per heavy atom. The number of rotatable bonds is 7. The van der Waals surface area contributed by atoms with Crippen LogP contribution in [0.2, 0.25) is 0 Å². The fourth-order valence-electron chi connectivity index (χ4n) is 3.46. The van der Waals surface area contributed by atoms with Gasteiger partial charge in [-0.1, -0.05) is 112 Å². The Kier molecular flexibility index (Phi) is 6.07. The maximum Gasteiger partial charge on any atom is 0.00896 e. The first kappa shape index (κ1) is 18.2. The molecule has 0 N–H and O–H groups in total. The van der Waals surface area contributed by atoms with Crippen molar-refractivity contribution < 1.29 is 0 Å². The average Bonchev–Trinajstić information content (AvgIpc) is 2.69. The van der Waals surface area contributed by atoms with Gasteiger partial charge in [-0.05, 0) is 40.2 Å². The maximum absolute atomic E-state index is 4.34. The fraction of sp³-hybridized carbons (Fsp3) is 0.231. The Bertz CT molecular complexity index is 828. The first-order chi connectivity index (χ1) is 12.6. The van der Waals surface area contributed by atoms with Gasteiger partial charge in [-0.3, -0.25) is 0 Å². The van der Waals surface area contributed by atoms with Crippen molar-refractivity contribution in [1.29, 1.82) is 0 Å². The van der Waals surface area contributed by atoms with Crippen molar-refractivity contribution in [3.05, 3.63) is 114 Å². The van der Waals surface area contributed by atoms with Crippen LogP contribution in [0.15, 0.2) is 91.5 Å². The molecule has 0 bridgehead atoms. The monoisotopic (exact) mass is 340 g/mol. The van der Waals surface area contributed by atoms with E-state index in [2.05, 4.69) is 99.3 Å². The molecular weight excluding hydrogens is 312 g/mol. The molecule has 0 spiro atoms. The lowest BCUT2D eigenvalue weighted by Gasteiger charge is -2.20. The topological polar surface area (TPSA) is 0 Å². The van der Waals surface area contributed by atoms with Gasteiger partial charge in [0.15, 0.2) is 0 Å². The van der Waals surface area contributed by atoms with Gasteiger partial charge in [-0.15, -0.1) is 0 Å². The van der Waals surface area contributed by atoms with Crippen molar-refractivity contribution in [2.75, 3.05) is 0 Å². The highest BCUT2D eigenvalue weighted by atomic mass is 14.2. The smallest absolute Gasteiger partial charge is 0.00896 e. The van der Waals surface area contributed by atoms with Crippen LogP contribution in [0.4, 0.5) is 0 Å². The lowest BCUT2D eigenvalue weighted by Crippen LogP contribution is -2.04. The van der Waals surface area contributed by atoms with Gasteiger partial charge in [0, 0.05) is 5.92 Å². The first-order valence-corrected chi connectivity index (χ1v) is 9.54. The molecule has 1 unspecified atom stereocenters. The van der Waals surface area contributed by atoms with Crippen LogP contribution in [0.25, 0.3) is 5.57 Å². The van der Waals surface area contributed by atoms with Gasteiger partial charge in [0.2, 0.25) is 0 Å². The van der Waals surface area contributed by atoms with Gasteiger partial charge < -0.3 is 0 Å². The molecular formula is C26H28. The quantitative estimate of drug-likeness (QED) is 0.423. The van der Waals surface area contributed by atoms with Crippen LogP contribution < -0.4 is 0 Å². The standard InChI is InChI=1S/C26H28/c1-20(2)17-18-26(23-13-8-5-9-14-23)25-16-10-15-24(19-25)21(3)22-11-6-4-7-12-22/h4-16,19-20,26H,3,17-18H2,1-2H3. The predicted molar refractivity (Wildman–Crippen MR) is 113 cm³/mol. The second-order valence-corrected chi connectivity index (χ2v) is 7.40. The van der Waals surface area contributed by atoms with E-state index in [1.807, 2.05) is 6.07 Å². The summed E-state index contributed by atoms with van der Waals surface area (Å²) in [5, 5.41) is 0. The zero-order valence-electron chi connectivity index (χ0n) is 15.9. The minimum atomic E-state index is 0.433. The molecule has 0 heterocycles. The van der Waals surface area contributed by atoms with Crippen molar-refractivity contribution in [2.45, 2.75) is 32.6 Å². The Morgan fingerprint density at radius 3 is 1.92 bits per heavy atom. The third kappa shape index (κ3) is 4.52. The SMILES string of the molecule is C=C(c1ccccc1)c1cccc(C(CCC(C)C)c2ccccc2)c1. The molecule has 3 rings (SSSR count). The summed E-state index contributed by atoms with van der Waals surface area (Å²) < 4.78 is 0. The van der Waals surface area contributed by atoms with E-state index in [-0.39, 0.29) is 0 Å². The molecule has 0 aromatic heterocycles. The van der Waals surface area contributed by atoms with E-state index in [0.29, 0.717) is 11.8 Å². The second kappa shape index (κ2) is 8.67. The predicted octanol–water partition coefficient (Wildman–Crippen LogP) is 7.32. The van der Waals surface area contributed by atoms with E-state index in [0.717, 1.165) is 5.57 Å².